The molecule has 0 aliphatic carbocycles. The number of rotatable bonds is 0. The van der Waals surface area contributed by atoms with Crippen LogP contribution in [0.15, 0.2) is 12.1 Å². The van der Waals surface area contributed by atoms with Crippen molar-refractivity contribution in [3.63, 3.8) is 0 Å². The highest BCUT2D eigenvalue weighted by atomic mass is 16.3. The first kappa shape index (κ1) is 10.8. The Bertz CT molecular complexity index is 233. The number of benzene rings is 1. The van der Waals surface area contributed by atoms with Crippen molar-refractivity contribution in [3.8, 4) is 5.75 Å². The van der Waals surface area contributed by atoms with Crippen molar-refractivity contribution in [2.45, 2.75) is 27.7 Å². The fraction of sp³-hybridized carbons (Fsp3) is 0.400. The van der Waals surface area contributed by atoms with Gasteiger partial charge in [0.1, 0.15) is 5.75 Å². The summed E-state index contributed by atoms with van der Waals surface area (Å²) in [5, 5.41) is 9.28. The number of phenolic OH excluding ortho intramolecular Hbond substituents is 1. The van der Waals surface area contributed by atoms with Gasteiger partial charge in [0.15, 0.2) is 0 Å². The summed E-state index contributed by atoms with van der Waals surface area (Å²) in [6, 6.07) is 3.50. The molecule has 0 aromatic heterocycles. The molecule has 0 aliphatic heterocycles. The summed E-state index contributed by atoms with van der Waals surface area (Å²) >= 11 is 0. The molecule has 1 aromatic rings. The third-order valence-corrected chi connectivity index (χ3v) is 1.51. The summed E-state index contributed by atoms with van der Waals surface area (Å²) in [6.07, 6.45) is 0. The van der Waals surface area contributed by atoms with E-state index >= 15 is 0 Å². The zero-order valence-electron chi connectivity index (χ0n) is 8.18. The minimum absolute atomic E-state index is 0.342. The van der Waals surface area contributed by atoms with Crippen LogP contribution in [-0.2, 0) is 0 Å². The Hall–Kier alpha value is -1.18. The minimum atomic E-state index is 0.342. The van der Waals surface area contributed by atoms with Crippen molar-refractivity contribution in [2.24, 2.45) is 0 Å². The summed E-state index contributed by atoms with van der Waals surface area (Å²) < 4.78 is 0. The van der Waals surface area contributed by atoms with Gasteiger partial charge in [-0.15, -0.1) is 0 Å². The molecule has 0 bridgehead atoms. The second-order valence-corrected chi connectivity index (χ2v) is 2.50. The SMILES string of the molecule is CC.Cc1cc(N)cc(C)c1O. The lowest BCUT2D eigenvalue weighted by molar-refractivity contribution is 0.467. The molecule has 0 saturated heterocycles. The quantitative estimate of drug-likeness (QED) is 0.461. The summed E-state index contributed by atoms with van der Waals surface area (Å²) in [5.41, 5.74) is 7.88. The fourth-order valence-corrected chi connectivity index (χ4v) is 0.989. The van der Waals surface area contributed by atoms with Gasteiger partial charge in [-0.25, -0.2) is 0 Å². The predicted octanol–water partition coefficient (Wildman–Crippen LogP) is 2.62. The van der Waals surface area contributed by atoms with Crippen molar-refractivity contribution < 1.29 is 5.11 Å². The molecule has 12 heavy (non-hydrogen) atoms. The Morgan fingerprint density at radius 2 is 1.42 bits per heavy atom. The third-order valence-electron chi connectivity index (χ3n) is 1.51. The van der Waals surface area contributed by atoms with E-state index in [9.17, 15) is 5.11 Å². The summed E-state index contributed by atoms with van der Waals surface area (Å²) in [5.74, 6) is 0.342. The molecule has 0 amide bonds. The lowest BCUT2D eigenvalue weighted by atomic mass is 10.1. The molecule has 0 unspecified atom stereocenters. The molecule has 0 saturated carbocycles. The lowest BCUT2D eigenvalue weighted by Crippen LogP contribution is -1.87. The normalized spacial score (nSPS) is 8.67. The van der Waals surface area contributed by atoms with Gasteiger partial charge in [-0.3, -0.25) is 0 Å². The van der Waals surface area contributed by atoms with Crippen LogP contribution in [0.2, 0.25) is 0 Å². The Balaban J connectivity index is 0.000000561. The molecule has 1 aromatic carbocycles. The van der Waals surface area contributed by atoms with Gasteiger partial charge in [0, 0.05) is 5.69 Å². The second-order valence-electron chi connectivity index (χ2n) is 2.50. The number of nitrogens with two attached hydrogens (primary N) is 1. The highest BCUT2D eigenvalue weighted by Crippen LogP contribution is 2.23. The number of phenols is 1. The number of aryl methyl sites for hydroxylation is 2. The zero-order valence-corrected chi connectivity index (χ0v) is 8.18. The number of anilines is 1. The number of nitrogen functional groups attached to an aromatic ring is 1. The van der Waals surface area contributed by atoms with Crippen molar-refractivity contribution in [1.29, 1.82) is 0 Å². The Morgan fingerprint density at radius 1 is 1.08 bits per heavy atom. The highest BCUT2D eigenvalue weighted by Gasteiger charge is 1.99. The number of hydrogen-bond acceptors (Lipinski definition) is 2. The maximum Gasteiger partial charge on any atom is 0.121 e. The molecule has 0 heterocycles. The molecule has 1 rings (SSSR count). The van der Waals surface area contributed by atoms with E-state index in [0.717, 1.165) is 11.1 Å². The second kappa shape index (κ2) is 4.65. The van der Waals surface area contributed by atoms with E-state index in [1.54, 1.807) is 12.1 Å². The summed E-state index contributed by atoms with van der Waals surface area (Å²) in [6.45, 7) is 7.66. The largest absolute Gasteiger partial charge is 0.507 e. The van der Waals surface area contributed by atoms with Crippen LogP contribution in [-0.4, -0.2) is 5.11 Å². The molecular weight excluding hydrogens is 150 g/mol. The maximum atomic E-state index is 9.28. The van der Waals surface area contributed by atoms with Crippen molar-refractivity contribution in [3.05, 3.63) is 23.3 Å². The van der Waals surface area contributed by atoms with E-state index in [0.29, 0.717) is 11.4 Å². The van der Waals surface area contributed by atoms with Gasteiger partial charge in [-0.2, -0.15) is 0 Å². The standard InChI is InChI=1S/C8H11NO.C2H6/c1-5-3-7(9)4-6(2)8(5)10;1-2/h3-4,10H,9H2,1-2H3;1-2H3. The van der Waals surface area contributed by atoms with Gasteiger partial charge in [0.05, 0.1) is 0 Å². The molecule has 3 N–H and O–H groups in total. The zero-order chi connectivity index (χ0) is 9.72. The molecule has 2 heteroatoms. The lowest BCUT2D eigenvalue weighted by Gasteiger charge is -2.03. The van der Waals surface area contributed by atoms with E-state index in [-0.39, 0.29) is 0 Å². The van der Waals surface area contributed by atoms with E-state index in [1.165, 1.54) is 0 Å². The van der Waals surface area contributed by atoms with Crippen molar-refractivity contribution >= 4 is 5.69 Å². The molecule has 0 fully saturated rings. The van der Waals surface area contributed by atoms with Crippen LogP contribution in [0.3, 0.4) is 0 Å². The molecule has 68 valence electrons. The van der Waals surface area contributed by atoms with E-state index < -0.39 is 0 Å². The smallest absolute Gasteiger partial charge is 0.121 e. The highest BCUT2D eigenvalue weighted by molar-refractivity contribution is 5.51. The van der Waals surface area contributed by atoms with Crippen LogP contribution in [0.1, 0.15) is 25.0 Å². The van der Waals surface area contributed by atoms with Gasteiger partial charge < -0.3 is 10.8 Å². The fourth-order valence-electron chi connectivity index (χ4n) is 0.989. The Morgan fingerprint density at radius 3 is 1.75 bits per heavy atom. The van der Waals surface area contributed by atoms with E-state index in [1.807, 2.05) is 27.7 Å². The molecule has 0 atom stereocenters. The van der Waals surface area contributed by atoms with Crippen LogP contribution < -0.4 is 5.73 Å². The van der Waals surface area contributed by atoms with Crippen LogP contribution in [0.5, 0.6) is 5.75 Å². The Labute approximate surface area is 74.0 Å². The average Bonchev–Trinajstić information content (AvgIpc) is 2.04. The monoisotopic (exact) mass is 167 g/mol. The first-order valence-electron chi connectivity index (χ1n) is 4.17. The predicted molar refractivity (Wildman–Crippen MR) is 53.3 cm³/mol. The molecular formula is C10H17NO. The number of aromatic hydroxyl groups is 1. The maximum absolute atomic E-state index is 9.28. The van der Waals surface area contributed by atoms with E-state index in [2.05, 4.69) is 0 Å². The van der Waals surface area contributed by atoms with Crippen LogP contribution in [0.25, 0.3) is 0 Å². The molecule has 0 radical (unpaired) electrons. The first-order valence-corrected chi connectivity index (χ1v) is 4.17. The van der Waals surface area contributed by atoms with Crippen LogP contribution >= 0.6 is 0 Å². The van der Waals surface area contributed by atoms with Gasteiger partial charge in [0.25, 0.3) is 0 Å². The van der Waals surface area contributed by atoms with Gasteiger partial charge in [-0.1, -0.05) is 13.8 Å². The molecule has 0 spiro atoms. The number of hydrogen-bond donors (Lipinski definition) is 2. The average molecular weight is 167 g/mol. The molecule has 0 aliphatic rings. The Kier molecular flexibility index (Phi) is 4.19. The van der Waals surface area contributed by atoms with Gasteiger partial charge >= 0.3 is 0 Å². The summed E-state index contributed by atoms with van der Waals surface area (Å²) in [7, 11) is 0. The van der Waals surface area contributed by atoms with Crippen molar-refractivity contribution in [2.75, 3.05) is 5.73 Å². The minimum Gasteiger partial charge on any atom is -0.507 e. The van der Waals surface area contributed by atoms with E-state index in [4.69, 9.17) is 5.73 Å². The summed E-state index contributed by atoms with van der Waals surface area (Å²) in [4.78, 5) is 0. The topological polar surface area (TPSA) is 46.2 Å². The van der Waals surface area contributed by atoms with Crippen LogP contribution in [0, 0.1) is 13.8 Å². The third kappa shape index (κ3) is 2.46. The molecule has 2 nitrogen and oxygen atoms in total. The first-order chi connectivity index (χ1) is 5.61. The van der Waals surface area contributed by atoms with Gasteiger partial charge in [0.2, 0.25) is 0 Å². The van der Waals surface area contributed by atoms with Crippen LogP contribution in [0.4, 0.5) is 5.69 Å². The van der Waals surface area contributed by atoms with Crippen molar-refractivity contribution in [1.82, 2.24) is 0 Å². The van der Waals surface area contributed by atoms with Gasteiger partial charge in [-0.05, 0) is 37.1 Å².